The fraction of sp³-hybridized carbons (Fsp3) is 0.200. The fourth-order valence-corrected chi connectivity index (χ4v) is 3.89. The molecule has 0 saturated heterocycles. The van der Waals surface area contributed by atoms with E-state index in [0.717, 1.165) is 11.8 Å². The zero-order chi connectivity index (χ0) is 21.8. The largest absolute Gasteiger partial charge is 0.338 e. The van der Waals surface area contributed by atoms with Gasteiger partial charge in [0.2, 0.25) is 5.91 Å². The summed E-state index contributed by atoms with van der Waals surface area (Å²) in [6.07, 6.45) is 0. The number of imide groups is 1. The Bertz CT molecular complexity index is 1180. The molecule has 0 bridgehead atoms. The van der Waals surface area contributed by atoms with Crippen LogP contribution in [0.25, 0.3) is 16.6 Å². The molecule has 0 unspecified atom stereocenters. The van der Waals surface area contributed by atoms with Gasteiger partial charge in [0.25, 0.3) is 5.56 Å². The van der Waals surface area contributed by atoms with Crippen molar-refractivity contribution >= 4 is 57.8 Å². The number of carbonyl (C=O) groups is 2. The zero-order valence-corrected chi connectivity index (χ0v) is 18.4. The molecule has 10 heteroatoms. The number of para-hydroxylation sites is 1. The second-order valence-corrected chi connectivity index (χ2v) is 8.38. The summed E-state index contributed by atoms with van der Waals surface area (Å²) in [5.41, 5.74) is 0.655. The van der Waals surface area contributed by atoms with E-state index >= 15 is 0 Å². The Morgan fingerprint density at radius 3 is 2.60 bits per heavy atom. The molecule has 2 N–H and O–H groups in total. The van der Waals surface area contributed by atoms with Gasteiger partial charge in [-0.25, -0.2) is 9.78 Å². The van der Waals surface area contributed by atoms with Crippen molar-refractivity contribution in [3.05, 3.63) is 62.9 Å². The lowest BCUT2D eigenvalue weighted by Crippen LogP contribution is -2.42. The normalized spacial score (nSPS) is 11.9. The van der Waals surface area contributed by atoms with E-state index in [-0.39, 0.29) is 15.7 Å². The molecule has 0 saturated carbocycles. The highest BCUT2D eigenvalue weighted by Crippen LogP contribution is 2.28. The zero-order valence-electron chi connectivity index (χ0n) is 16.1. The maximum atomic E-state index is 13.2. The van der Waals surface area contributed by atoms with Crippen LogP contribution in [-0.4, -0.2) is 33.3 Å². The maximum Gasteiger partial charge on any atom is 0.321 e. The Morgan fingerprint density at radius 1 is 1.17 bits per heavy atom. The molecular weight excluding hydrogens is 447 g/mol. The van der Waals surface area contributed by atoms with Crippen LogP contribution in [0.3, 0.4) is 0 Å². The summed E-state index contributed by atoms with van der Waals surface area (Å²) in [6, 6.07) is 11.1. The molecule has 3 aromatic rings. The van der Waals surface area contributed by atoms with E-state index in [1.165, 1.54) is 4.57 Å². The van der Waals surface area contributed by atoms with Crippen molar-refractivity contribution in [2.45, 2.75) is 24.3 Å². The molecule has 2 aromatic carbocycles. The molecule has 156 valence electrons. The van der Waals surface area contributed by atoms with Gasteiger partial charge < -0.3 is 5.32 Å². The van der Waals surface area contributed by atoms with Crippen molar-refractivity contribution in [2.75, 3.05) is 6.54 Å². The number of urea groups is 1. The average Bonchev–Trinajstić information content (AvgIpc) is 2.70. The lowest BCUT2D eigenvalue weighted by molar-refractivity contribution is -0.119. The number of hydrogen-bond acceptors (Lipinski definition) is 5. The third-order valence-electron chi connectivity index (χ3n) is 4.13. The smallest absolute Gasteiger partial charge is 0.321 e. The number of aromatic nitrogens is 2. The monoisotopic (exact) mass is 464 g/mol. The van der Waals surface area contributed by atoms with Crippen LogP contribution >= 0.6 is 35.0 Å². The summed E-state index contributed by atoms with van der Waals surface area (Å²) in [5.74, 6) is -0.506. The highest BCUT2D eigenvalue weighted by molar-refractivity contribution is 8.00. The topological polar surface area (TPSA) is 93.1 Å². The van der Waals surface area contributed by atoms with E-state index in [1.54, 1.807) is 56.3 Å². The Labute approximate surface area is 186 Å². The molecule has 1 aromatic heterocycles. The van der Waals surface area contributed by atoms with Gasteiger partial charge in [0, 0.05) is 6.54 Å². The third kappa shape index (κ3) is 4.77. The average molecular weight is 465 g/mol. The number of carbonyl (C=O) groups excluding carboxylic acids is 2. The van der Waals surface area contributed by atoms with Gasteiger partial charge in [-0.1, -0.05) is 47.1 Å². The second kappa shape index (κ2) is 9.51. The van der Waals surface area contributed by atoms with Crippen molar-refractivity contribution in [3.8, 4) is 5.69 Å². The van der Waals surface area contributed by atoms with Gasteiger partial charge in [0.1, 0.15) is 0 Å². The van der Waals surface area contributed by atoms with E-state index < -0.39 is 17.2 Å². The minimum Gasteiger partial charge on any atom is -0.338 e. The van der Waals surface area contributed by atoms with Crippen LogP contribution < -0.4 is 16.2 Å². The summed E-state index contributed by atoms with van der Waals surface area (Å²) in [6.45, 7) is 3.76. The van der Waals surface area contributed by atoms with Gasteiger partial charge in [-0.2, -0.15) is 0 Å². The quantitative estimate of drug-likeness (QED) is 0.439. The molecule has 7 nitrogen and oxygen atoms in total. The summed E-state index contributed by atoms with van der Waals surface area (Å²) in [4.78, 5) is 41.8. The number of nitrogens with one attached hydrogen (secondary N) is 2. The van der Waals surface area contributed by atoms with E-state index in [0.29, 0.717) is 28.2 Å². The molecule has 0 radical (unpaired) electrons. The van der Waals surface area contributed by atoms with Crippen LogP contribution in [0.2, 0.25) is 10.0 Å². The van der Waals surface area contributed by atoms with Crippen LogP contribution in [0.5, 0.6) is 0 Å². The summed E-state index contributed by atoms with van der Waals surface area (Å²) in [7, 11) is 0. The van der Waals surface area contributed by atoms with Crippen LogP contribution in [-0.2, 0) is 4.79 Å². The number of halogens is 2. The van der Waals surface area contributed by atoms with Gasteiger partial charge in [0.05, 0.1) is 31.9 Å². The van der Waals surface area contributed by atoms with Gasteiger partial charge in [0.15, 0.2) is 5.16 Å². The van der Waals surface area contributed by atoms with E-state index in [1.807, 2.05) is 0 Å². The van der Waals surface area contributed by atoms with Crippen molar-refractivity contribution in [2.24, 2.45) is 0 Å². The lowest BCUT2D eigenvalue weighted by Gasteiger charge is -2.16. The standard InChI is InChI=1S/C20H18Cl2N4O3S/c1-3-23-19(29)25-17(27)11(2)30-20-24-16-7-5-4-6-13(16)18(28)26(20)12-8-9-14(21)15(22)10-12/h4-11H,3H2,1-2H3,(H2,23,25,27,29)/t11-/m1/s1. The van der Waals surface area contributed by atoms with E-state index in [9.17, 15) is 14.4 Å². The van der Waals surface area contributed by atoms with Gasteiger partial charge in [-0.05, 0) is 44.2 Å². The van der Waals surface area contributed by atoms with Crippen molar-refractivity contribution in [3.63, 3.8) is 0 Å². The molecule has 3 rings (SSSR count). The van der Waals surface area contributed by atoms with Crippen molar-refractivity contribution in [1.82, 2.24) is 20.2 Å². The van der Waals surface area contributed by atoms with Crippen LogP contribution in [0.15, 0.2) is 52.4 Å². The Morgan fingerprint density at radius 2 is 1.90 bits per heavy atom. The first-order chi connectivity index (χ1) is 14.3. The van der Waals surface area contributed by atoms with E-state index in [4.69, 9.17) is 23.2 Å². The van der Waals surface area contributed by atoms with Crippen molar-refractivity contribution in [1.29, 1.82) is 0 Å². The highest BCUT2D eigenvalue weighted by Gasteiger charge is 2.22. The lowest BCUT2D eigenvalue weighted by atomic mass is 10.2. The summed E-state index contributed by atoms with van der Waals surface area (Å²) >= 11 is 13.2. The first kappa shape index (κ1) is 22.1. The predicted octanol–water partition coefficient (Wildman–Crippen LogP) is 4.02. The number of fused-ring (bicyclic) bond motifs is 1. The molecule has 30 heavy (non-hydrogen) atoms. The first-order valence-corrected chi connectivity index (χ1v) is 10.7. The number of benzene rings is 2. The third-order valence-corrected chi connectivity index (χ3v) is 5.92. The Kier molecular flexibility index (Phi) is 7.02. The molecular formula is C20H18Cl2N4O3S. The number of nitrogens with zero attached hydrogens (tertiary/aromatic N) is 2. The second-order valence-electron chi connectivity index (χ2n) is 6.26. The van der Waals surface area contributed by atoms with E-state index in [2.05, 4.69) is 15.6 Å². The minimum absolute atomic E-state index is 0.284. The van der Waals surface area contributed by atoms with Gasteiger partial charge in [-0.3, -0.25) is 19.5 Å². The molecule has 1 heterocycles. The number of amides is 3. The number of rotatable bonds is 5. The minimum atomic E-state index is -0.699. The SMILES string of the molecule is CCNC(=O)NC(=O)[C@@H](C)Sc1nc2ccccc2c(=O)n1-c1ccc(Cl)c(Cl)c1. The van der Waals surface area contributed by atoms with Gasteiger partial charge in [-0.15, -0.1) is 0 Å². The van der Waals surface area contributed by atoms with Crippen LogP contribution in [0.4, 0.5) is 4.79 Å². The molecule has 1 atom stereocenters. The number of hydrogen-bond donors (Lipinski definition) is 2. The van der Waals surface area contributed by atoms with Crippen LogP contribution in [0.1, 0.15) is 13.8 Å². The van der Waals surface area contributed by atoms with Gasteiger partial charge >= 0.3 is 6.03 Å². The molecule has 0 aliphatic carbocycles. The molecule has 0 spiro atoms. The Hall–Kier alpha value is -2.55. The molecule has 0 aliphatic rings. The first-order valence-electron chi connectivity index (χ1n) is 9.04. The fourth-order valence-electron chi connectivity index (χ4n) is 2.67. The molecule has 0 fully saturated rings. The Balaban J connectivity index is 2.06. The molecule has 3 amide bonds. The number of thioether (sulfide) groups is 1. The maximum absolute atomic E-state index is 13.2. The predicted molar refractivity (Wildman–Crippen MR) is 120 cm³/mol. The summed E-state index contributed by atoms with van der Waals surface area (Å²) in [5, 5.41) is 5.41. The van der Waals surface area contributed by atoms with Crippen LogP contribution in [0, 0.1) is 0 Å². The van der Waals surface area contributed by atoms with Crippen molar-refractivity contribution < 1.29 is 9.59 Å². The highest BCUT2D eigenvalue weighted by atomic mass is 35.5. The molecule has 0 aliphatic heterocycles. The summed E-state index contributed by atoms with van der Waals surface area (Å²) < 4.78 is 1.38.